The van der Waals surface area contributed by atoms with Crippen molar-refractivity contribution in [1.29, 1.82) is 0 Å². The lowest BCUT2D eigenvalue weighted by Gasteiger charge is -2.11. The van der Waals surface area contributed by atoms with Crippen LogP contribution in [0.5, 0.6) is 0 Å². The summed E-state index contributed by atoms with van der Waals surface area (Å²) in [6.45, 7) is 2.01. The Morgan fingerprint density at radius 1 is 1.17 bits per heavy atom. The molecule has 0 saturated heterocycles. The Labute approximate surface area is 106 Å². The molecule has 0 aliphatic heterocycles. The van der Waals surface area contributed by atoms with E-state index in [1.165, 1.54) is 0 Å². The fourth-order valence-electron chi connectivity index (χ4n) is 1.77. The first kappa shape index (κ1) is 12.0. The van der Waals surface area contributed by atoms with Gasteiger partial charge in [-0.3, -0.25) is 4.79 Å². The summed E-state index contributed by atoms with van der Waals surface area (Å²) in [5.74, 6) is -0.527. The quantitative estimate of drug-likeness (QED) is 0.722. The van der Waals surface area contributed by atoms with E-state index in [4.69, 9.17) is 11.5 Å². The number of anilines is 3. The molecule has 0 bridgehead atoms. The topological polar surface area (TPSA) is 81.1 Å². The molecule has 0 saturated carbocycles. The average molecular weight is 241 g/mol. The van der Waals surface area contributed by atoms with E-state index in [0.717, 1.165) is 11.3 Å². The summed E-state index contributed by atoms with van der Waals surface area (Å²) < 4.78 is 0. The van der Waals surface area contributed by atoms with Crippen molar-refractivity contribution in [2.75, 3.05) is 11.1 Å². The summed E-state index contributed by atoms with van der Waals surface area (Å²) in [5, 5.41) is 3.18. The molecular formula is C14H15N3O. The van der Waals surface area contributed by atoms with Gasteiger partial charge >= 0.3 is 0 Å². The van der Waals surface area contributed by atoms with Gasteiger partial charge in [-0.15, -0.1) is 0 Å². The molecule has 0 heterocycles. The summed E-state index contributed by atoms with van der Waals surface area (Å²) >= 11 is 0. The molecule has 92 valence electrons. The number of carbonyl (C=O) groups is 1. The van der Waals surface area contributed by atoms with Crippen molar-refractivity contribution in [3.8, 4) is 0 Å². The van der Waals surface area contributed by atoms with Crippen LogP contribution >= 0.6 is 0 Å². The molecule has 0 aliphatic carbocycles. The van der Waals surface area contributed by atoms with Crippen LogP contribution in [-0.4, -0.2) is 5.91 Å². The van der Waals surface area contributed by atoms with Gasteiger partial charge in [0.25, 0.3) is 5.91 Å². The first-order valence-electron chi connectivity index (χ1n) is 5.60. The number of nitrogens with one attached hydrogen (secondary N) is 1. The third-order valence-corrected chi connectivity index (χ3v) is 2.67. The zero-order valence-electron chi connectivity index (χ0n) is 10.1. The highest BCUT2D eigenvalue weighted by atomic mass is 16.1. The van der Waals surface area contributed by atoms with Crippen LogP contribution < -0.4 is 16.8 Å². The van der Waals surface area contributed by atoms with Gasteiger partial charge in [-0.25, -0.2) is 0 Å². The van der Waals surface area contributed by atoms with Gasteiger partial charge in [0.1, 0.15) is 0 Å². The SMILES string of the molecule is Cc1cccc(Nc2cccc(C(N)=O)c2N)c1. The monoisotopic (exact) mass is 241 g/mol. The van der Waals surface area contributed by atoms with Gasteiger partial charge in [0.05, 0.1) is 16.9 Å². The largest absolute Gasteiger partial charge is 0.396 e. The molecule has 2 aromatic rings. The second kappa shape index (κ2) is 4.79. The van der Waals surface area contributed by atoms with Crippen molar-refractivity contribution in [2.45, 2.75) is 6.92 Å². The number of hydrogen-bond donors (Lipinski definition) is 3. The second-order valence-corrected chi connectivity index (χ2v) is 4.13. The van der Waals surface area contributed by atoms with E-state index in [-0.39, 0.29) is 0 Å². The zero-order chi connectivity index (χ0) is 13.1. The summed E-state index contributed by atoms with van der Waals surface area (Å²) in [6.07, 6.45) is 0. The van der Waals surface area contributed by atoms with Crippen LogP contribution in [0.15, 0.2) is 42.5 Å². The molecule has 4 heteroatoms. The van der Waals surface area contributed by atoms with E-state index in [9.17, 15) is 4.79 Å². The predicted octanol–water partition coefficient (Wildman–Crippen LogP) is 2.42. The van der Waals surface area contributed by atoms with Crippen molar-refractivity contribution in [2.24, 2.45) is 5.73 Å². The molecule has 0 aliphatic rings. The van der Waals surface area contributed by atoms with Gasteiger partial charge in [0.15, 0.2) is 0 Å². The molecule has 0 atom stereocenters. The Morgan fingerprint density at radius 3 is 2.56 bits per heavy atom. The van der Waals surface area contributed by atoms with E-state index in [1.54, 1.807) is 12.1 Å². The number of hydrogen-bond acceptors (Lipinski definition) is 3. The minimum absolute atomic E-state index is 0.327. The van der Waals surface area contributed by atoms with Crippen molar-refractivity contribution in [1.82, 2.24) is 0 Å². The van der Waals surface area contributed by atoms with Crippen LogP contribution in [0.4, 0.5) is 17.1 Å². The molecule has 1 amide bonds. The van der Waals surface area contributed by atoms with E-state index in [0.29, 0.717) is 16.9 Å². The molecule has 5 N–H and O–H groups in total. The Hall–Kier alpha value is -2.49. The maximum Gasteiger partial charge on any atom is 0.250 e. The lowest BCUT2D eigenvalue weighted by atomic mass is 10.1. The molecule has 2 aromatic carbocycles. The lowest BCUT2D eigenvalue weighted by molar-refractivity contribution is 0.100. The van der Waals surface area contributed by atoms with Crippen LogP contribution in [0.1, 0.15) is 15.9 Å². The Bertz CT molecular complexity index is 593. The fraction of sp³-hybridized carbons (Fsp3) is 0.0714. The van der Waals surface area contributed by atoms with Crippen molar-refractivity contribution in [3.05, 3.63) is 53.6 Å². The normalized spacial score (nSPS) is 10.1. The average Bonchev–Trinajstić information content (AvgIpc) is 2.31. The van der Waals surface area contributed by atoms with Gasteiger partial charge in [-0.05, 0) is 36.8 Å². The Balaban J connectivity index is 2.35. The number of rotatable bonds is 3. The minimum atomic E-state index is -0.527. The molecule has 0 aromatic heterocycles. The number of carbonyl (C=O) groups excluding carboxylic acids is 1. The van der Waals surface area contributed by atoms with Crippen molar-refractivity contribution >= 4 is 23.0 Å². The second-order valence-electron chi connectivity index (χ2n) is 4.13. The molecule has 18 heavy (non-hydrogen) atoms. The van der Waals surface area contributed by atoms with E-state index in [1.807, 2.05) is 37.3 Å². The maximum atomic E-state index is 11.2. The third kappa shape index (κ3) is 2.43. The molecule has 4 nitrogen and oxygen atoms in total. The Kier molecular flexibility index (Phi) is 3.19. The molecule has 2 rings (SSSR count). The van der Waals surface area contributed by atoms with E-state index < -0.39 is 5.91 Å². The molecule has 0 fully saturated rings. The molecule has 0 radical (unpaired) electrons. The number of benzene rings is 2. The fourth-order valence-corrected chi connectivity index (χ4v) is 1.77. The maximum absolute atomic E-state index is 11.2. The molecule has 0 spiro atoms. The number of nitrogen functional groups attached to an aromatic ring is 1. The smallest absolute Gasteiger partial charge is 0.250 e. The molecular weight excluding hydrogens is 226 g/mol. The van der Waals surface area contributed by atoms with Crippen molar-refractivity contribution < 1.29 is 4.79 Å². The summed E-state index contributed by atoms with van der Waals surface area (Å²) in [7, 11) is 0. The van der Waals surface area contributed by atoms with Crippen LogP contribution in [0.3, 0.4) is 0 Å². The van der Waals surface area contributed by atoms with Gasteiger partial charge in [0, 0.05) is 5.69 Å². The number of primary amides is 1. The van der Waals surface area contributed by atoms with Gasteiger partial charge in [0.2, 0.25) is 0 Å². The Morgan fingerprint density at radius 2 is 1.89 bits per heavy atom. The van der Waals surface area contributed by atoms with Gasteiger partial charge < -0.3 is 16.8 Å². The third-order valence-electron chi connectivity index (χ3n) is 2.67. The summed E-state index contributed by atoms with van der Waals surface area (Å²) in [4.78, 5) is 11.2. The van der Waals surface area contributed by atoms with Crippen molar-refractivity contribution in [3.63, 3.8) is 0 Å². The van der Waals surface area contributed by atoms with E-state index >= 15 is 0 Å². The first-order chi connectivity index (χ1) is 8.58. The highest BCUT2D eigenvalue weighted by Crippen LogP contribution is 2.26. The summed E-state index contributed by atoms with van der Waals surface area (Å²) in [6, 6.07) is 13.1. The van der Waals surface area contributed by atoms with E-state index in [2.05, 4.69) is 5.32 Å². The van der Waals surface area contributed by atoms with Crippen LogP contribution in [0.25, 0.3) is 0 Å². The summed E-state index contributed by atoms with van der Waals surface area (Å²) in [5.41, 5.74) is 14.6. The number of amides is 1. The predicted molar refractivity (Wildman–Crippen MR) is 73.8 cm³/mol. The number of nitrogens with two attached hydrogens (primary N) is 2. The van der Waals surface area contributed by atoms with Gasteiger partial charge in [-0.2, -0.15) is 0 Å². The minimum Gasteiger partial charge on any atom is -0.396 e. The number of para-hydroxylation sites is 1. The van der Waals surface area contributed by atoms with Gasteiger partial charge in [-0.1, -0.05) is 18.2 Å². The molecule has 0 unspecified atom stereocenters. The van der Waals surface area contributed by atoms with Crippen LogP contribution in [0.2, 0.25) is 0 Å². The first-order valence-corrected chi connectivity index (χ1v) is 5.60. The van der Waals surface area contributed by atoms with Crippen LogP contribution in [-0.2, 0) is 0 Å². The number of aryl methyl sites for hydroxylation is 1. The lowest BCUT2D eigenvalue weighted by Crippen LogP contribution is -2.14. The zero-order valence-corrected chi connectivity index (χ0v) is 10.1. The van der Waals surface area contributed by atoms with Crippen LogP contribution in [0, 0.1) is 6.92 Å². The highest BCUT2D eigenvalue weighted by Gasteiger charge is 2.09. The highest BCUT2D eigenvalue weighted by molar-refractivity contribution is 6.01. The standard InChI is InChI=1S/C14H15N3O/c1-9-4-2-5-10(8-9)17-12-7-3-6-11(13(12)15)14(16)18/h2-8,17H,15H2,1H3,(H2,16,18).